The topological polar surface area (TPSA) is 43.3 Å². The number of anilines is 1. The fourth-order valence-corrected chi connectivity index (χ4v) is 3.26. The maximum atomic E-state index is 6.32. The first-order chi connectivity index (χ1) is 10.2. The van der Waals surface area contributed by atoms with Gasteiger partial charge in [0.1, 0.15) is 17.2 Å². The summed E-state index contributed by atoms with van der Waals surface area (Å²) < 4.78 is 1.98. The Balaban J connectivity index is 1.88. The third-order valence-corrected chi connectivity index (χ3v) is 4.43. The van der Waals surface area contributed by atoms with E-state index >= 15 is 0 Å². The molecule has 1 aliphatic rings. The first kappa shape index (κ1) is 12.5. The summed E-state index contributed by atoms with van der Waals surface area (Å²) in [7, 11) is 0. The summed E-state index contributed by atoms with van der Waals surface area (Å²) in [6.45, 7) is 2.07. The first-order valence-corrected chi connectivity index (χ1v) is 7.59. The molecule has 3 nitrogen and oxygen atoms in total. The minimum absolute atomic E-state index is 0.726. The fraction of sp³-hybridized carbons (Fsp3) is 0.278. The molecule has 2 N–H and O–H groups in total. The zero-order valence-electron chi connectivity index (χ0n) is 12.3. The van der Waals surface area contributed by atoms with Gasteiger partial charge in [0, 0.05) is 11.8 Å². The van der Waals surface area contributed by atoms with Crippen LogP contribution in [0.3, 0.4) is 0 Å². The van der Waals surface area contributed by atoms with Gasteiger partial charge in [-0.2, -0.15) is 0 Å². The van der Waals surface area contributed by atoms with E-state index in [1.807, 2.05) is 16.7 Å². The minimum atomic E-state index is 0.726. The molecule has 0 fully saturated rings. The molecule has 21 heavy (non-hydrogen) atoms. The molecule has 0 radical (unpaired) electrons. The van der Waals surface area contributed by atoms with Crippen molar-refractivity contribution >= 4 is 11.5 Å². The highest BCUT2D eigenvalue weighted by Gasteiger charge is 2.15. The van der Waals surface area contributed by atoms with Crippen LogP contribution in [0.4, 0.5) is 5.82 Å². The van der Waals surface area contributed by atoms with Gasteiger partial charge in [-0.05, 0) is 61.4 Å². The Bertz CT molecular complexity index is 830. The van der Waals surface area contributed by atoms with Crippen molar-refractivity contribution in [1.29, 1.82) is 0 Å². The molecule has 0 aliphatic heterocycles. The molecule has 106 valence electrons. The number of benzene rings is 1. The molecule has 0 saturated carbocycles. The van der Waals surface area contributed by atoms with Crippen molar-refractivity contribution in [2.75, 3.05) is 5.73 Å². The molecular weight excluding hydrogens is 258 g/mol. The Morgan fingerprint density at radius 3 is 2.71 bits per heavy atom. The van der Waals surface area contributed by atoms with E-state index in [1.165, 1.54) is 42.4 Å². The van der Waals surface area contributed by atoms with E-state index in [0.717, 1.165) is 22.7 Å². The van der Waals surface area contributed by atoms with Gasteiger partial charge < -0.3 is 5.73 Å². The van der Waals surface area contributed by atoms with Gasteiger partial charge >= 0.3 is 0 Å². The zero-order chi connectivity index (χ0) is 14.4. The Morgan fingerprint density at radius 2 is 1.86 bits per heavy atom. The van der Waals surface area contributed by atoms with Crippen LogP contribution in [0.1, 0.15) is 29.5 Å². The number of pyridine rings is 1. The molecule has 2 aromatic heterocycles. The Kier molecular flexibility index (Phi) is 2.74. The largest absolute Gasteiger partial charge is 0.383 e. The maximum Gasteiger partial charge on any atom is 0.139 e. The number of aromatic nitrogens is 2. The average molecular weight is 277 g/mol. The van der Waals surface area contributed by atoms with Gasteiger partial charge in [-0.3, -0.25) is 4.40 Å². The monoisotopic (exact) mass is 277 g/mol. The molecular formula is C18H19N3. The summed E-state index contributed by atoms with van der Waals surface area (Å²) in [5.41, 5.74) is 13.4. The number of fused-ring (bicyclic) bond motifs is 2. The summed E-state index contributed by atoms with van der Waals surface area (Å²) in [5.74, 6) is 0.726. The second-order valence-corrected chi connectivity index (χ2v) is 5.97. The lowest BCUT2D eigenvalue weighted by Gasteiger charge is -2.16. The summed E-state index contributed by atoms with van der Waals surface area (Å²) in [4.78, 5) is 4.71. The van der Waals surface area contributed by atoms with Gasteiger partial charge in [-0.1, -0.05) is 18.2 Å². The fourth-order valence-electron chi connectivity index (χ4n) is 3.26. The van der Waals surface area contributed by atoms with Crippen LogP contribution >= 0.6 is 0 Å². The number of nitrogen functional groups attached to an aromatic ring is 1. The molecule has 1 aromatic carbocycles. The quantitative estimate of drug-likeness (QED) is 0.735. The summed E-state index contributed by atoms with van der Waals surface area (Å²) in [5, 5.41) is 0. The maximum absolute atomic E-state index is 6.32. The lowest BCUT2D eigenvalue weighted by Crippen LogP contribution is -2.02. The smallest absolute Gasteiger partial charge is 0.139 e. The third-order valence-electron chi connectivity index (χ3n) is 4.43. The highest BCUT2D eigenvalue weighted by Crippen LogP contribution is 2.30. The average Bonchev–Trinajstić information content (AvgIpc) is 2.84. The highest BCUT2D eigenvalue weighted by molar-refractivity contribution is 5.75. The first-order valence-electron chi connectivity index (χ1n) is 7.59. The van der Waals surface area contributed by atoms with Crippen molar-refractivity contribution in [3.8, 4) is 11.3 Å². The van der Waals surface area contributed by atoms with Gasteiger partial charge in [0.15, 0.2) is 0 Å². The molecule has 1 aliphatic carbocycles. The molecule has 3 aromatic rings. The van der Waals surface area contributed by atoms with E-state index in [4.69, 9.17) is 10.7 Å². The second kappa shape index (κ2) is 4.62. The van der Waals surface area contributed by atoms with Crippen molar-refractivity contribution in [3.63, 3.8) is 0 Å². The van der Waals surface area contributed by atoms with Gasteiger partial charge in [-0.25, -0.2) is 4.98 Å². The number of aryl methyl sites for hydroxylation is 3. The zero-order valence-corrected chi connectivity index (χ0v) is 12.3. The van der Waals surface area contributed by atoms with Crippen LogP contribution in [0.5, 0.6) is 0 Å². The van der Waals surface area contributed by atoms with Gasteiger partial charge in [-0.15, -0.1) is 0 Å². The van der Waals surface area contributed by atoms with Crippen LogP contribution < -0.4 is 5.73 Å². The van der Waals surface area contributed by atoms with E-state index in [-0.39, 0.29) is 0 Å². The van der Waals surface area contributed by atoms with Crippen LogP contribution in [0.2, 0.25) is 0 Å². The van der Waals surface area contributed by atoms with Gasteiger partial charge in [0.25, 0.3) is 0 Å². The van der Waals surface area contributed by atoms with Crippen LogP contribution in [-0.4, -0.2) is 9.38 Å². The van der Waals surface area contributed by atoms with Crippen molar-refractivity contribution in [3.05, 3.63) is 53.2 Å². The predicted molar refractivity (Wildman–Crippen MR) is 86.4 cm³/mol. The summed E-state index contributed by atoms with van der Waals surface area (Å²) in [6.07, 6.45) is 7.02. The normalized spacial score (nSPS) is 14.3. The van der Waals surface area contributed by atoms with Crippen LogP contribution in [0, 0.1) is 6.92 Å². The molecule has 4 rings (SSSR count). The lowest BCUT2D eigenvalue weighted by atomic mass is 9.90. The second-order valence-electron chi connectivity index (χ2n) is 5.97. The van der Waals surface area contributed by atoms with Gasteiger partial charge in [0.2, 0.25) is 0 Å². The van der Waals surface area contributed by atoms with Crippen molar-refractivity contribution < 1.29 is 0 Å². The third kappa shape index (κ3) is 2.00. The Labute approximate surface area is 124 Å². The van der Waals surface area contributed by atoms with E-state index in [0.29, 0.717) is 0 Å². The standard InChI is InChI=1S/C18H19N3/c1-12-6-9-16-20-17(18(19)21(16)11-12)15-8-7-13-4-2-3-5-14(13)10-15/h6-11H,2-5,19H2,1H3. The van der Waals surface area contributed by atoms with E-state index in [2.05, 4.69) is 31.2 Å². The predicted octanol–water partition coefficient (Wildman–Crippen LogP) is 3.77. The molecule has 2 heterocycles. The molecule has 0 amide bonds. The number of imidazole rings is 1. The Hall–Kier alpha value is -2.29. The van der Waals surface area contributed by atoms with Gasteiger partial charge in [0.05, 0.1) is 0 Å². The molecule has 0 spiro atoms. The van der Waals surface area contributed by atoms with E-state index in [9.17, 15) is 0 Å². The molecule has 0 saturated heterocycles. The number of hydrogen-bond donors (Lipinski definition) is 1. The molecule has 0 bridgehead atoms. The number of nitrogens with zero attached hydrogens (tertiary/aromatic N) is 2. The van der Waals surface area contributed by atoms with Crippen LogP contribution in [-0.2, 0) is 12.8 Å². The van der Waals surface area contributed by atoms with Crippen LogP contribution in [0.25, 0.3) is 16.9 Å². The van der Waals surface area contributed by atoms with Crippen molar-refractivity contribution in [1.82, 2.24) is 9.38 Å². The van der Waals surface area contributed by atoms with Crippen molar-refractivity contribution in [2.45, 2.75) is 32.6 Å². The summed E-state index contributed by atoms with van der Waals surface area (Å²) >= 11 is 0. The lowest BCUT2D eigenvalue weighted by molar-refractivity contribution is 0.686. The minimum Gasteiger partial charge on any atom is -0.383 e. The number of nitrogens with two attached hydrogens (primary N) is 1. The van der Waals surface area contributed by atoms with Crippen LogP contribution in [0.15, 0.2) is 36.5 Å². The summed E-state index contributed by atoms with van der Waals surface area (Å²) in [6, 6.07) is 10.8. The molecule has 3 heteroatoms. The Morgan fingerprint density at radius 1 is 1.05 bits per heavy atom. The van der Waals surface area contributed by atoms with E-state index in [1.54, 1.807) is 0 Å². The van der Waals surface area contributed by atoms with E-state index < -0.39 is 0 Å². The van der Waals surface area contributed by atoms with Crippen molar-refractivity contribution in [2.24, 2.45) is 0 Å². The number of hydrogen-bond acceptors (Lipinski definition) is 2. The molecule has 0 atom stereocenters. The highest BCUT2D eigenvalue weighted by atomic mass is 15.1. The number of rotatable bonds is 1. The SMILES string of the molecule is Cc1ccc2nc(-c3ccc4c(c3)CCCC4)c(N)n2c1. The molecule has 0 unspecified atom stereocenters.